The fourth-order valence-electron chi connectivity index (χ4n) is 4.60. The van der Waals surface area contributed by atoms with Gasteiger partial charge in [0.2, 0.25) is 0 Å². The zero-order valence-electron chi connectivity index (χ0n) is 23.8. The first-order chi connectivity index (χ1) is 17.1. The molecule has 0 fully saturated rings. The van der Waals surface area contributed by atoms with Crippen molar-refractivity contribution in [1.29, 1.82) is 0 Å². The van der Waals surface area contributed by atoms with Crippen LogP contribution in [0.1, 0.15) is 181 Å². The van der Waals surface area contributed by atoms with Crippen LogP contribution in [0.5, 0.6) is 0 Å². The molecule has 0 aromatic carbocycles. The number of hydrogen-bond donors (Lipinski definition) is 0. The van der Waals surface area contributed by atoms with Gasteiger partial charge >= 0.3 is 40.0 Å². The van der Waals surface area contributed by atoms with Crippen LogP contribution in [0.2, 0.25) is 0 Å². The maximum absolute atomic E-state index is 11.8. The normalized spacial score (nSPS) is 11.6. The van der Waals surface area contributed by atoms with E-state index in [0.717, 1.165) is 32.1 Å². The molecule has 0 saturated carbocycles. The van der Waals surface area contributed by atoms with Crippen molar-refractivity contribution < 1.29 is 16.8 Å². The quantitative estimate of drug-likeness (QED) is 0.0669. The van der Waals surface area contributed by atoms with Crippen molar-refractivity contribution in [3.8, 4) is 0 Å². The van der Waals surface area contributed by atoms with Crippen LogP contribution < -0.4 is 0 Å². The van der Waals surface area contributed by atoms with Crippen molar-refractivity contribution >= 4 is 40.0 Å². The summed E-state index contributed by atoms with van der Waals surface area (Å²) in [5, 5.41) is 0. The van der Waals surface area contributed by atoms with Crippen molar-refractivity contribution in [1.82, 2.24) is 0 Å². The topological polar surface area (TPSA) is 52.6 Å². The van der Waals surface area contributed by atoms with E-state index in [-0.39, 0.29) is 42.8 Å². The van der Waals surface area contributed by atoms with Crippen LogP contribution in [0.15, 0.2) is 0 Å². The second-order valence-electron chi connectivity index (χ2n) is 10.5. The molecule has 0 heterocycles. The summed E-state index contributed by atoms with van der Waals surface area (Å²) in [6.07, 6.45) is 33.1. The molecule has 36 heavy (non-hydrogen) atoms. The Kier molecular flexibility index (Phi) is 34.8. The molecule has 0 aliphatic heterocycles. The molecular weight excluding hydrogens is 479 g/mol. The summed E-state index contributed by atoms with van der Waals surface area (Å²) in [5.74, 6) is 0. The standard InChI is InChI=1S/C30H62O4S.Na.H/c1-3-5-7-9-11-13-15-16-17-18-19-20-22-24-26-28-30-34-35(31,32)33-29-27-25-23-21-14-12-10-8-6-4-2;;/h3-30H2,1-2H3;;. The van der Waals surface area contributed by atoms with E-state index in [4.69, 9.17) is 8.37 Å². The van der Waals surface area contributed by atoms with Crippen molar-refractivity contribution in [3.63, 3.8) is 0 Å². The molecule has 0 amide bonds. The zero-order valence-corrected chi connectivity index (χ0v) is 24.7. The molecule has 0 N–H and O–H groups in total. The average molecular weight is 543 g/mol. The van der Waals surface area contributed by atoms with Gasteiger partial charge in [0.15, 0.2) is 0 Å². The van der Waals surface area contributed by atoms with E-state index in [9.17, 15) is 8.42 Å². The van der Waals surface area contributed by atoms with Crippen LogP contribution in [0.4, 0.5) is 0 Å². The fraction of sp³-hybridized carbons (Fsp3) is 1.00. The molecular formula is C30H63NaO4S. The molecule has 0 bridgehead atoms. The molecule has 0 rings (SSSR count). The molecule has 4 nitrogen and oxygen atoms in total. The van der Waals surface area contributed by atoms with Crippen molar-refractivity contribution in [2.45, 2.75) is 181 Å². The molecule has 0 aliphatic rings. The van der Waals surface area contributed by atoms with Gasteiger partial charge in [-0.05, 0) is 12.8 Å². The Bertz CT molecular complexity index is 499. The summed E-state index contributed by atoms with van der Waals surface area (Å²) in [7, 11) is -3.81. The molecule has 0 spiro atoms. The molecule has 6 heteroatoms. The maximum atomic E-state index is 11.8. The first-order valence-electron chi connectivity index (χ1n) is 15.7. The second-order valence-corrected chi connectivity index (χ2v) is 11.8. The summed E-state index contributed by atoms with van der Waals surface area (Å²) >= 11 is 0. The van der Waals surface area contributed by atoms with Gasteiger partial charge in [0.1, 0.15) is 0 Å². The SMILES string of the molecule is CCCCCCCCCCCCCCCCCCOS(=O)(=O)OCCCCCCCCCCCC.[NaH]. The number of rotatable bonds is 30. The Morgan fingerprint density at radius 2 is 0.556 bits per heavy atom. The summed E-state index contributed by atoms with van der Waals surface area (Å²) in [5.41, 5.74) is 0. The monoisotopic (exact) mass is 542 g/mol. The third kappa shape index (κ3) is 32.9. The first kappa shape index (κ1) is 39.0. The molecule has 0 aromatic heterocycles. The van der Waals surface area contributed by atoms with E-state index in [1.54, 1.807) is 0 Å². The molecule has 0 radical (unpaired) electrons. The fourth-order valence-corrected chi connectivity index (χ4v) is 5.31. The Morgan fingerprint density at radius 3 is 0.778 bits per heavy atom. The average Bonchev–Trinajstić information content (AvgIpc) is 2.84. The van der Waals surface area contributed by atoms with E-state index >= 15 is 0 Å². The molecule has 214 valence electrons. The minimum absolute atomic E-state index is 0. The predicted molar refractivity (Wildman–Crippen MR) is 159 cm³/mol. The van der Waals surface area contributed by atoms with E-state index in [2.05, 4.69) is 13.8 Å². The summed E-state index contributed by atoms with van der Waals surface area (Å²) in [6, 6.07) is 0. The summed E-state index contributed by atoms with van der Waals surface area (Å²) in [4.78, 5) is 0. The van der Waals surface area contributed by atoms with Gasteiger partial charge in [0, 0.05) is 0 Å². The van der Waals surface area contributed by atoms with E-state index < -0.39 is 10.4 Å². The van der Waals surface area contributed by atoms with E-state index in [0.29, 0.717) is 0 Å². The van der Waals surface area contributed by atoms with Crippen molar-refractivity contribution in [2.75, 3.05) is 13.2 Å². The van der Waals surface area contributed by atoms with Gasteiger partial charge in [-0.1, -0.05) is 168 Å². The Balaban J connectivity index is 0. The van der Waals surface area contributed by atoms with Crippen LogP contribution in [0.25, 0.3) is 0 Å². The Labute approximate surface area is 249 Å². The molecule has 0 atom stereocenters. The van der Waals surface area contributed by atoms with Gasteiger partial charge in [-0.3, -0.25) is 0 Å². The molecule has 0 saturated heterocycles. The van der Waals surface area contributed by atoms with Gasteiger partial charge in [-0.15, -0.1) is 0 Å². The van der Waals surface area contributed by atoms with E-state index in [1.165, 1.54) is 135 Å². The third-order valence-corrected chi connectivity index (χ3v) is 7.86. The predicted octanol–water partition coefficient (Wildman–Crippen LogP) is 9.80. The molecule has 0 aliphatic carbocycles. The Morgan fingerprint density at radius 1 is 0.361 bits per heavy atom. The van der Waals surface area contributed by atoms with Crippen molar-refractivity contribution in [2.24, 2.45) is 0 Å². The first-order valence-corrected chi connectivity index (χ1v) is 17.0. The third-order valence-electron chi connectivity index (χ3n) is 6.95. The summed E-state index contributed by atoms with van der Waals surface area (Å²) < 4.78 is 33.6. The minimum atomic E-state index is -3.81. The Hall–Kier alpha value is 0.870. The molecule has 0 unspecified atom stereocenters. The van der Waals surface area contributed by atoms with Crippen molar-refractivity contribution in [3.05, 3.63) is 0 Å². The second kappa shape index (κ2) is 32.1. The zero-order chi connectivity index (χ0) is 25.7. The van der Waals surface area contributed by atoms with Gasteiger partial charge in [-0.2, -0.15) is 8.42 Å². The molecule has 0 aromatic rings. The number of unbranched alkanes of at least 4 members (excludes halogenated alkanes) is 24. The van der Waals surface area contributed by atoms with Crippen LogP contribution >= 0.6 is 0 Å². The van der Waals surface area contributed by atoms with Gasteiger partial charge in [-0.25, -0.2) is 8.37 Å². The number of hydrogen-bond acceptors (Lipinski definition) is 4. The van der Waals surface area contributed by atoms with Crippen LogP contribution in [-0.4, -0.2) is 51.2 Å². The van der Waals surface area contributed by atoms with Gasteiger partial charge in [0.25, 0.3) is 0 Å². The van der Waals surface area contributed by atoms with Crippen LogP contribution in [0, 0.1) is 0 Å². The van der Waals surface area contributed by atoms with E-state index in [1.807, 2.05) is 0 Å². The van der Waals surface area contributed by atoms with Gasteiger partial charge < -0.3 is 0 Å². The van der Waals surface area contributed by atoms with Crippen LogP contribution in [-0.2, 0) is 18.8 Å². The van der Waals surface area contributed by atoms with Crippen LogP contribution in [0.3, 0.4) is 0 Å². The summed E-state index contributed by atoms with van der Waals surface area (Å²) in [6.45, 7) is 5.02. The van der Waals surface area contributed by atoms with Gasteiger partial charge in [0.05, 0.1) is 13.2 Å².